The average molecular weight is 277 g/mol. The Hall–Kier alpha value is -1.03. The van der Waals surface area contributed by atoms with Gasteiger partial charge in [-0.1, -0.05) is 6.58 Å². The molecule has 1 saturated heterocycles. The smallest absolute Gasteiger partial charge is 0.243 e. The monoisotopic (exact) mass is 277 g/mol. The molecule has 8 heteroatoms. The fourth-order valence-corrected chi connectivity index (χ4v) is 1.63. The molecule has 5 N–H and O–H groups in total. The molecule has 1 heterocycles. The summed E-state index contributed by atoms with van der Waals surface area (Å²) in [6.07, 6.45) is -5.41. The first-order valence-corrected chi connectivity index (χ1v) is 5.83. The van der Waals surface area contributed by atoms with E-state index in [-0.39, 0.29) is 19.1 Å². The van der Waals surface area contributed by atoms with Gasteiger partial charge in [-0.25, -0.2) is 0 Å². The van der Waals surface area contributed by atoms with Crippen LogP contribution in [0.25, 0.3) is 0 Å². The van der Waals surface area contributed by atoms with E-state index in [1.807, 2.05) is 0 Å². The second-order valence-electron chi connectivity index (χ2n) is 4.06. The van der Waals surface area contributed by atoms with Crippen LogP contribution in [0.4, 0.5) is 0 Å². The Kier molecular flexibility index (Phi) is 6.35. The maximum atomic E-state index is 10.8. The number of carbonyl (C=O) groups excluding carboxylic acids is 1. The molecular weight excluding hydrogens is 258 g/mol. The summed E-state index contributed by atoms with van der Waals surface area (Å²) in [5.41, 5.74) is 0. The Morgan fingerprint density at radius 3 is 2.58 bits per heavy atom. The number of aliphatic hydroxyl groups is 4. The van der Waals surface area contributed by atoms with Crippen LogP contribution in [0, 0.1) is 0 Å². The quantitative estimate of drug-likeness (QED) is 0.260. The number of amides is 1. The Bertz CT molecular complexity index is 309. The van der Waals surface area contributed by atoms with E-state index in [1.165, 1.54) is 0 Å². The summed E-state index contributed by atoms with van der Waals surface area (Å²) in [4.78, 5) is 10.8. The molecule has 0 saturated carbocycles. The Morgan fingerprint density at radius 2 is 2.00 bits per heavy atom. The average Bonchev–Trinajstić information content (AvgIpc) is 2.42. The fraction of sp³-hybridized carbons (Fsp3) is 0.727. The molecule has 0 bridgehead atoms. The molecule has 8 nitrogen and oxygen atoms in total. The van der Waals surface area contributed by atoms with E-state index in [2.05, 4.69) is 11.9 Å². The van der Waals surface area contributed by atoms with Gasteiger partial charge in [-0.05, 0) is 6.08 Å². The predicted octanol–water partition coefficient (Wildman–Crippen LogP) is -2.89. The summed E-state index contributed by atoms with van der Waals surface area (Å²) in [6.45, 7) is 2.96. The molecule has 110 valence electrons. The summed E-state index contributed by atoms with van der Waals surface area (Å²) in [5.74, 6) is -0.364. The molecule has 1 amide bonds. The van der Waals surface area contributed by atoms with Crippen molar-refractivity contribution >= 4 is 5.91 Å². The van der Waals surface area contributed by atoms with E-state index in [1.54, 1.807) is 0 Å². The fourth-order valence-electron chi connectivity index (χ4n) is 1.63. The highest BCUT2D eigenvalue weighted by molar-refractivity contribution is 5.86. The van der Waals surface area contributed by atoms with Crippen LogP contribution >= 0.6 is 0 Å². The van der Waals surface area contributed by atoms with Crippen molar-refractivity contribution in [1.82, 2.24) is 5.32 Å². The zero-order valence-corrected chi connectivity index (χ0v) is 10.3. The molecule has 19 heavy (non-hydrogen) atoms. The van der Waals surface area contributed by atoms with Crippen molar-refractivity contribution in [2.75, 3.05) is 19.8 Å². The van der Waals surface area contributed by atoms with Crippen LogP contribution in [0.2, 0.25) is 0 Å². The third-order valence-electron chi connectivity index (χ3n) is 2.72. The van der Waals surface area contributed by atoms with Crippen LogP contribution in [0.15, 0.2) is 12.7 Å². The van der Waals surface area contributed by atoms with Crippen molar-refractivity contribution in [3.05, 3.63) is 12.7 Å². The van der Waals surface area contributed by atoms with Gasteiger partial charge in [0.2, 0.25) is 5.91 Å². The molecule has 0 aromatic heterocycles. The molecule has 1 fully saturated rings. The molecule has 5 atom stereocenters. The predicted molar refractivity (Wildman–Crippen MR) is 62.9 cm³/mol. The highest BCUT2D eigenvalue weighted by Gasteiger charge is 2.43. The second-order valence-corrected chi connectivity index (χ2v) is 4.06. The van der Waals surface area contributed by atoms with E-state index in [9.17, 15) is 20.1 Å². The third kappa shape index (κ3) is 4.23. The molecule has 0 radical (unpaired) electrons. The van der Waals surface area contributed by atoms with Gasteiger partial charge in [0.1, 0.15) is 24.4 Å². The van der Waals surface area contributed by atoms with Crippen molar-refractivity contribution in [1.29, 1.82) is 0 Å². The van der Waals surface area contributed by atoms with Crippen molar-refractivity contribution in [3.8, 4) is 0 Å². The lowest BCUT2D eigenvalue weighted by atomic mass is 9.99. The minimum Gasteiger partial charge on any atom is -0.394 e. The van der Waals surface area contributed by atoms with Crippen molar-refractivity contribution in [2.45, 2.75) is 30.7 Å². The number of nitrogens with one attached hydrogen (secondary N) is 1. The van der Waals surface area contributed by atoms with E-state index in [4.69, 9.17) is 14.6 Å². The van der Waals surface area contributed by atoms with Gasteiger partial charge in [0.25, 0.3) is 0 Å². The first-order chi connectivity index (χ1) is 9.01. The summed E-state index contributed by atoms with van der Waals surface area (Å²) in [5, 5.41) is 40.1. The van der Waals surface area contributed by atoms with Gasteiger partial charge in [-0.15, -0.1) is 0 Å². The summed E-state index contributed by atoms with van der Waals surface area (Å²) >= 11 is 0. The van der Waals surface area contributed by atoms with Crippen molar-refractivity contribution in [3.63, 3.8) is 0 Å². The molecule has 0 unspecified atom stereocenters. The first kappa shape index (κ1) is 16.0. The lowest BCUT2D eigenvalue weighted by Gasteiger charge is -2.39. The van der Waals surface area contributed by atoms with Gasteiger partial charge in [-0.2, -0.15) is 0 Å². The lowest BCUT2D eigenvalue weighted by molar-refractivity contribution is -0.300. The third-order valence-corrected chi connectivity index (χ3v) is 2.72. The highest BCUT2D eigenvalue weighted by atomic mass is 16.7. The topological polar surface area (TPSA) is 128 Å². The number of hydrogen-bond acceptors (Lipinski definition) is 7. The van der Waals surface area contributed by atoms with Crippen molar-refractivity contribution < 1.29 is 34.7 Å². The maximum absolute atomic E-state index is 10.8. The van der Waals surface area contributed by atoms with Gasteiger partial charge in [-0.3, -0.25) is 4.79 Å². The Morgan fingerprint density at radius 1 is 1.32 bits per heavy atom. The minimum absolute atomic E-state index is 0.0300. The molecule has 0 aromatic rings. The van der Waals surface area contributed by atoms with Gasteiger partial charge >= 0.3 is 0 Å². The molecule has 0 aliphatic carbocycles. The first-order valence-electron chi connectivity index (χ1n) is 5.83. The van der Waals surface area contributed by atoms with Crippen LogP contribution in [0.5, 0.6) is 0 Å². The number of carbonyl (C=O) groups is 1. The van der Waals surface area contributed by atoms with E-state index in [0.717, 1.165) is 6.08 Å². The van der Waals surface area contributed by atoms with Gasteiger partial charge in [0.15, 0.2) is 6.29 Å². The molecule has 1 aliphatic rings. The van der Waals surface area contributed by atoms with Crippen LogP contribution in [-0.4, -0.2) is 76.8 Å². The standard InChI is InChI=1S/C11H19NO7/c1-2-7(14)12-3-4-18-11-10(17)9(16)8(15)6(5-13)19-11/h2,6,8-11,13,15-17H,1,3-5H2,(H,12,14)/t6-,8+,9+,10-,11-/m1/s1. The van der Waals surface area contributed by atoms with E-state index in [0.29, 0.717) is 0 Å². The van der Waals surface area contributed by atoms with Crippen molar-refractivity contribution in [2.24, 2.45) is 0 Å². The van der Waals surface area contributed by atoms with Gasteiger partial charge < -0.3 is 35.2 Å². The number of aliphatic hydroxyl groups excluding tert-OH is 4. The zero-order valence-electron chi connectivity index (χ0n) is 10.3. The molecule has 1 rings (SSSR count). The summed E-state index contributed by atoms with van der Waals surface area (Å²) < 4.78 is 10.2. The van der Waals surface area contributed by atoms with E-state index < -0.39 is 37.3 Å². The lowest BCUT2D eigenvalue weighted by Crippen LogP contribution is -2.59. The summed E-state index contributed by atoms with van der Waals surface area (Å²) in [7, 11) is 0. The minimum atomic E-state index is -1.47. The van der Waals surface area contributed by atoms with Gasteiger partial charge in [0.05, 0.1) is 13.2 Å². The van der Waals surface area contributed by atoms with Gasteiger partial charge in [0, 0.05) is 6.54 Å². The van der Waals surface area contributed by atoms with E-state index >= 15 is 0 Å². The second kappa shape index (κ2) is 7.53. The van der Waals surface area contributed by atoms with Crippen LogP contribution < -0.4 is 5.32 Å². The summed E-state index contributed by atoms with van der Waals surface area (Å²) in [6, 6.07) is 0. The SMILES string of the molecule is C=CC(=O)NCCO[C@@H]1O[C@H](CO)[C@H](O)[C@H](O)[C@H]1O. The molecular formula is C11H19NO7. The molecule has 0 spiro atoms. The highest BCUT2D eigenvalue weighted by Crippen LogP contribution is 2.21. The van der Waals surface area contributed by atoms with Crippen LogP contribution in [0.1, 0.15) is 0 Å². The normalized spacial score (nSPS) is 34.8. The Balaban J connectivity index is 2.39. The zero-order chi connectivity index (χ0) is 14.4. The number of rotatable bonds is 6. The number of hydrogen-bond donors (Lipinski definition) is 5. The van der Waals surface area contributed by atoms with Crippen LogP contribution in [0.3, 0.4) is 0 Å². The largest absolute Gasteiger partial charge is 0.394 e. The van der Waals surface area contributed by atoms with Crippen LogP contribution in [-0.2, 0) is 14.3 Å². The number of ether oxygens (including phenoxy) is 2. The maximum Gasteiger partial charge on any atom is 0.243 e. The molecule has 1 aliphatic heterocycles. The molecule has 0 aromatic carbocycles. The Labute approximate surface area is 110 Å².